The Bertz CT molecular complexity index is 3720. The molecule has 0 amide bonds. The summed E-state index contributed by atoms with van der Waals surface area (Å²) in [7, 11) is 0. The minimum Gasteiger partial charge on any atom is -0.309 e. The van der Waals surface area contributed by atoms with Crippen LogP contribution in [0.2, 0.25) is 0 Å². The van der Waals surface area contributed by atoms with Crippen LogP contribution < -0.4 is 0 Å². The van der Waals surface area contributed by atoms with Crippen molar-refractivity contribution in [2.75, 3.05) is 0 Å². The Hall–Kier alpha value is -8.46. The van der Waals surface area contributed by atoms with Crippen molar-refractivity contribution in [3.8, 4) is 55.9 Å². The van der Waals surface area contributed by atoms with Crippen molar-refractivity contribution in [1.82, 2.24) is 9.13 Å². The minimum absolute atomic E-state index is 1.15. The van der Waals surface area contributed by atoms with Gasteiger partial charge in [0.2, 0.25) is 0 Å². The van der Waals surface area contributed by atoms with Gasteiger partial charge in [0.25, 0.3) is 0 Å². The number of rotatable bonds is 6. The van der Waals surface area contributed by atoms with Crippen molar-refractivity contribution in [3.63, 3.8) is 0 Å². The molecule has 0 bridgehead atoms. The van der Waals surface area contributed by atoms with Gasteiger partial charge >= 0.3 is 0 Å². The van der Waals surface area contributed by atoms with E-state index in [0.29, 0.717) is 0 Å². The molecule has 11 aromatic carbocycles. The van der Waals surface area contributed by atoms with Crippen molar-refractivity contribution in [1.29, 1.82) is 0 Å². The van der Waals surface area contributed by atoms with Crippen LogP contribution in [0.3, 0.4) is 0 Å². The summed E-state index contributed by atoms with van der Waals surface area (Å²) >= 11 is 0. The van der Waals surface area contributed by atoms with Gasteiger partial charge in [-0.2, -0.15) is 0 Å². The smallest absolute Gasteiger partial charge is 0.0619 e. The van der Waals surface area contributed by atoms with E-state index in [2.05, 4.69) is 252 Å². The minimum atomic E-state index is 1.15. The molecule has 2 heterocycles. The fourth-order valence-electron chi connectivity index (χ4n) is 10.6. The number of hydrogen-bond donors (Lipinski definition) is 0. The molecule has 0 saturated carbocycles. The predicted molar refractivity (Wildman–Crippen MR) is 272 cm³/mol. The lowest BCUT2D eigenvalue weighted by atomic mass is 9.85. The average Bonchev–Trinajstić information content (AvgIpc) is 3.90. The van der Waals surface area contributed by atoms with Crippen molar-refractivity contribution in [2.24, 2.45) is 0 Å². The number of para-hydroxylation sites is 6. The quantitative estimate of drug-likeness (QED) is 0.148. The number of fused-ring (bicyclic) bond motifs is 8. The normalized spacial score (nSPS) is 11.8. The molecule has 0 radical (unpaired) electrons. The Morgan fingerprint density at radius 1 is 0.219 bits per heavy atom. The number of hydrogen-bond acceptors (Lipinski definition) is 0. The molecule has 0 fully saturated rings. The molecule has 298 valence electrons. The fraction of sp³-hybridized carbons (Fsp3) is 0. The Balaban J connectivity index is 1.17. The lowest BCUT2D eigenvalue weighted by molar-refractivity contribution is 1.18. The second-order valence-electron chi connectivity index (χ2n) is 16.8. The fourth-order valence-corrected chi connectivity index (χ4v) is 10.6. The van der Waals surface area contributed by atoms with E-state index in [4.69, 9.17) is 0 Å². The molecule has 0 aliphatic rings. The summed E-state index contributed by atoms with van der Waals surface area (Å²) in [6.45, 7) is 0. The molecule has 2 nitrogen and oxygen atoms in total. The highest BCUT2D eigenvalue weighted by Gasteiger charge is 2.22. The summed E-state index contributed by atoms with van der Waals surface area (Å²) < 4.78 is 4.91. The van der Waals surface area contributed by atoms with Crippen LogP contribution in [0.1, 0.15) is 0 Å². The van der Waals surface area contributed by atoms with Crippen LogP contribution in [-0.2, 0) is 0 Å². The van der Waals surface area contributed by atoms with Gasteiger partial charge in [-0.1, -0.05) is 194 Å². The largest absolute Gasteiger partial charge is 0.309 e. The zero-order valence-electron chi connectivity index (χ0n) is 35.0. The van der Waals surface area contributed by atoms with Crippen molar-refractivity contribution < 1.29 is 0 Å². The van der Waals surface area contributed by atoms with Gasteiger partial charge in [0, 0.05) is 44.0 Å². The third kappa shape index (κ3) is 5.53. The molecule has 0 saturated heterocycles. The summed E-state index contributed by atoms with van der Waals surface area (Å²) in [5, 5.41) is 9.87. The first-order valence-corrected chi connectivity index (χ1v) is 22.1. The maximum Gasteiger partial charge on any atom is 0.0619 e. The van der Waals surface area contributed by atoms with E-state index in [9.17, 15) is 0 Å². The summed E-state index contributed by atoms with van der Waals surface area (Å²) in [6, 6.07) is 89.1. The molecular formula is C62H40N2. The van der Waals surface area contributed by atoms with Gasteiger partial charge in [-0.3, -0.25) is 0 Å². The van der Waals surface area contributed by atoms with Crippen LogP contribution in [0.4, 0.5) is 0 Å². The molecule has 2 aromatic heterocycles. The van der Waals surface area contributed by atoms with E-state index in [1.54, 1.807) is 0 Å². The monoisotopic (exact) mass is 812 g/mol. The van der Waals surface area contributed by atoms with E-state index in [0.717, 1.165) is 11.4 Å². The van der Waals surface area contributed by atoms with Crippen LogP contribution in [0.15, 0.2) is 243 Å². The Morgan fingerprint density at radius 2 is 0.594 bits per heavy atom. The first-order chi connectivity index (χ1) is 31.8. The van der Waals surface area contributed by atoms with Gasteiger partial charge in [-0.05, 0) is 103 Å². The molecule has 2 heteroatoms. The summed E-state index contributed by atoms with van der Waals surface area (Å²) in [6.07, 6.45) is 0. The zero-order valence-corrected chi connectivity index (χ0v) is 35.0. The first-order valence-electron chi connectivity index (χ1n) is 22.1. The molecule has 0 N–H and O–H groups in total. The van der Waals surface area contributed by atoms with Crippen LogP contribution >= 0.6 is 0 Å². The standard InChI is InChI=1S/C62H40N2/c1-4-19-41(20-5-1)42-21-14-22-43(39-42)60-50-31-15-29-46(52-33-17-35-54-48-27-10-12-37-58(48)63(61(52)54)44-23-6-2-7-24-44)56(50)40-57-47(30-16-32-51(57)60)53-34-18-36-55-49-28-11-13-38-59(49)64(62(53)55)45-25-8-3-9-26-45/h1-40H. The highest BCUT2D eigenvalue weighted by atomic mass is 15.0. The predicted octanol–water partition coefficient (Wildman–Crippen LogP) is 16.9. The van der Waals surface area contributed by atoms with Gasteiger partial charge in [-0.25, -0.2) is 0 Å². The van der Waals surface area contributed by atoms with Gasteiger partial charge in [0.1, 0.15) is 0 Å². The summed E-state index contributed by atoms with van der Waals surface area (Å²) in [5.74, 6) is 0. The van der Waals surface area contributed by atoms with Crippen molar-refractivity contribution in [3.05, 3.63) is 243 Å². The van der Waals surface area contributed by atoms with Crippen molar-refractivity contribution >= 4 is 65.2 Å². The topological polar surface area (TPSA) is 9.86 Å². The molecule has 64 heavy (non-hydrogen) atoms. The van der Waals surface area contributed by atoms with E-state index < -0.39 is 0 Å². The van der Waals surface area contributed by atoms with Crippen LogP contribution in [0.25, 0.3) is 121 Å². The van der Waals surface area contributed by atoms with Gasteiger partial charge < -0.3 is 9.13 Å². The van der Waals surface area contributed by atoms with E-state index in [-0.39, 0.29) is 0 Å². The molecule has 0 aliphatic heterocycles. The zero-order chi connectivity index (χ0) is 42.1. The molecule has 0 atom stereocenters. The maximum atomic E-state index is 2.49. The van der Waals surface area contributed by atoms with Crippen LogP contribution in [0.5, 0.6) is 0 Å². The number of aromatic nitrogens is 2. The van der Waals surface area contributed by atoms with Gasteiger partial charge in [0.05, 0.1) is 22.1 Å². The SMILES string of the molecule is c1ccc(-c2cccc(-c3c4cccc(-c5cccc6c7ccccc7n(-c7ccccc7)c56)c4cc4c(-c5cccc6c7ccccc7n(-c7ccccc7)c56)cccc34)c2)cc1. The molecule has 0 aliphatic carbocycles. The third-order valence-electron chi connectivity index (χ3n) is 13.3. The van der Waals surface area contributed by atoms with Crippen molar-refractivity contribution in [2.45, 2.75) is 0 Å². The third-order valence-corrected chi connectivity index (χ3v) is 13.3. The Kier molecular flexibility index (Phi) is 8.25. The second-order valence-corrected chi connectivity index (χ2v) is 16.8. The Morgan fingerprint density at radius 3 is 1.11 bits per heavy atom. The highest BCUT2D eigenvalue weighted by molar-refractivity contribution is 6.23. The average molecular weight is 813 g/mol. The second kappa shape index (κ2) is 14.6. The van der Waals surface area contributed by atoms with Gasteiger partial charge in [-0.15, -0.1) is 0 Å². The summed E-state index contributed by atoms with van der Waals surface area (Å²) in [4.78, 5) is 0. The van der Waals surface area contributed by atoms with Crippen LogP contribution in [-0.4, -0.2) is 9.13 Å². The number of nitrogens with zero attached hydrogens (tertiary/aromatic N) is 2. The first kappa shape index (κ1) is 36.2. The highest BCUT2D eigenvalue weighted by Crippen LogP contribution is 2.47. The van der Waals surface area contributed by atoms with E-state index in [1.165, 1.54) is 110 Å². The molecular weight excluding hydrogens is 773 g/mol. The molecule has 0 spiro atoms. The molecule has 0 unspecified atom stereocenters. The van der Waals surface area contributed by atoms with E-state index >= 15 is 0 Å². The maximum absolute atomic E-state index is 2.49. The van der Waals surface area contributed by atoms with E-state index in [1.807, 2.05) is 0 Å². The molecule has 13 rings (SSSR count). The Labute approximate surface area is 371 Å². The summed E-state index contributed by atoms with van der Waals surface area (Å²) in [5.41, 5.74) is 16.8. The van der Waals surface area contributed by atoms with Crippen LogP contribution in [0, 0.1) is 0 Å². The van der Waals surface area contributed by atoms with Gasteiger partial charge in [0.15, 0.2) is 0 Å². The lowest BCUT2D eigenvalue weighted by Gasteiger charge is -2.19. The number of benzene rings is 11. The lowest BCUT2D eigenvalue weighted by Crippen LogP contribution is -1.97. The molecule has 13 aromatic rings.